The van der Waals surface area contributed by atoms with Gasteiger partial charge in [-0.15, -0.1) is 0 Å². The minimum Gasteiger partial charge on any atom is -0.460 e. The van der Waals surface area contributed by atoms with Gasteiger partial charge in [0.05, 0.1) is 69.1 Å². The third-order valence-corrected chi connectivity index (χ3v) is 6.47. The van der Waals surface area contributed by atoms with Crippen molar-refractivity contribution < 1.29 is 95.1 Å². The van der Waals surface area contributed by atoms with Gasteiger partial charge in [-0.2, -0.15) is 17.6 Å². The molecule has 20 heteroatoms. The first kappa shape index (κ1) is 49.2. The van der Waals surface area contributed by atoms with Crippen LogP contribution in [-0.2, 0) is 57.1 Å². The molecule has 0 aromatic heterocycles. The number of aliphatic hydroxyl groups is 4. The normalized spacial score (nSPS) is 15.1. The van der Waals surface area contributed by atoms with E-state index in [1.807, 2.05) is 0 Å². The molecular formula is C33H48F4O16. The first-order valence-electron chi connectivity index (χ1n) is 15.9. The average molecular weight is 777 g/mol. The molecular weight excluding hydrogens is 728 g/mol. The molecule has 4 atom stereocenters. The Labute approximate surface area is 303 Å². The van der Waals surface area contributed by atoms with Gasteiger partial charge in [0.15, 0.2) is 0 Å². The third kappa shape index (κ3) is 25.0. The van der Waals surface area contributed by atoms with Crippen molar-refractivity contribution in [2.24, 2.45) is 5.41 Å². The molecule has 53 heavy (non-hydrogen) atoms. The van der Waals surface area contributed by atoms with Crippen LogP contribution in [0, 0.1) is 5.41 Å². The number of rotatable bonds is 32. The fourth-order valence-electron chi connectivity index (χ4n) is 3.68. The topological polar surface area (TPSA) is 223 Å². The Balaban J connectivity index is 6.09. The zero-order valence-electron chi connectivity index (χ0n) is 29.0. The molecule has 0 aliphatic heterocycles. The Kier molecular flexibility index (Phi) is 24.2. The summed E-state index contributed by atoms with van der Waals surface area (Å²) in [6.07, 6.45) is -14.8. The highest BCUT2D eigenvalue weighted by Crippen LogP contribution is 2.32. The van der Waals surface area contributed by atoms with Gasteiger partial charge in [0.2, 0.25) is 0 Å². The molecule has 0 saturated heterocycles. The van der Waals surface area contributed by atoms with Gasteiger partial charge in [-0.25, -0.2) is 19.2 Å². The Hall–Kier alpha value is -3.76. The summed E-state index contributed by atoms with van der Waals surface area (Å²) in [7, 11) is 0. The summed E-state index contributed by atoms with van der Waals surface area (Å²) in [5, 5.41) is 40.1. The lowest BCUT2D eigenvalue weighted by Gasteiger charge is -2.36. The van der Waals surface area contributed by atoms with Crippen molar-refractivity contribution in [1.82, 2.24) is 0 Å². The molecule has 0 radical (unpaired) electrons. The zero-order chi connectivity index (χ0) is 40.5. The lowest BCUT2D eigenvalue weighted by atomic mass is 9.92. The van der Waals surface area contributed by atoms with E-state index in [-0.39, 0.29) is 26.1 Å². The molecule has 0 aromatic carbocycles. The van der Waals surface area contributed by atoms with Gasteiger partial charge in [0.1, 0.15) is 26.4 Å². The van der Waals surface area contributed by atoms with Crippen LogP contribution in [0.25, 0.3) is 0 Å². The van der Waals surface area contributed by atoms with Gasteiger partial charge in [-0.3, -0.25) is 0 Å². The van der Waals surface area contributed by atoms with Crippen LogP contribution in [0.15, 0.2) is 50.6 Å². The highest BCUT2D eigenvalue weighted by molar-refractivity contribution is 5.82. The summed E-state index contributed by atoms with van der Waals surface area (Å²) >= 11 is 0. The number of alkyl halides is 4. The molecule has 0 bridgehead atoms. The highest BCUT2D eigenvalue weighted by atomic mass is 19.3. The number of hydrogen-bond acceptors (Lipinski definition) is 16. The number of aliphatic hydroxyl groups excluding tert-OH is 4. The van der Waals surface area contributed by atoms with E-state index in [1.54, 1.807) is 0 Å². The largest absolute Gasteiger partial charge is 0.460 e. The fourth-order valence-corrected chi connectivity index (χ4v) is 3.68. The Morgan fingerprint density at radius 2 is 0.792 bits per heavy atom. The smallest absolute Gasteiger partial charge is 0.358 e. The Morgan fingerprint density at radius 1 is 0.509 bits per heavy atom. The predicted molar refractivity (Wildman–Crippen MR) is 173 cm³/mol. The first-order valence-corrected chi connectivity index (χ1v) is 15.9. The van der Waals surface area contributed by atoms with E-state index in [4.69, 9.17) is 28.4 Å². The van der Waals surface area contributed by atoms with Crippen molar-refractivity contribution in [2.75, 3.05) is 66.1 Å². The van der Waals surface area contributed by atoms with Gasteiger partial charge in [-0.1, -0.05) is 26.3 Å². The lowest BCUT2D eigenvalue weighted by Crippen LogP contribution is -2.46. The third-order valence-electron chi connectivity index (χ3n) is 6.47. The molecule has 304 valence electrons. The van der Waals surface area contributed by atoms with E-state index in [2.05, 4.69) is 35.8 Å². The van der Waals surface area contributed by atoms with Crippen LogP contribution in [0.2, 0.25) is 0 Å². The van der Waals surface area contributed by atoms with Gasteiger partial charge in [0.25, 0.3) is 0 Å². The number of halogens is 4. The molecule has 0 fully saturated rings. The molecule has 16 nitrogen and oxygen atoms in total. The zero-order valence-corrected chi connectivity index (χ0v) is 29.0. The van der Waals surface area contributed by atoms with E-state index >= 15 is 0 Å². The van der Waals surface area contributed by atoms with Crippen molar-refractivity contribution in [3.63, 3.8) is 0 Å². The minimum atomic E-state index is -4.17. The molecule has 0 amide bonds. The van der Waals surface area contributed by atoms with Crippen LogP contribution in [0.3, 0.4) is 0 Å². The second-order valence-corrected chi connectivity index (χ2v) is 11.4. The summed E-state index contributed by atoms with van der Waals surface area (Å²) in [4.78, 5) is 45.0. The average Bonchev–Trinajstić information content (AvgIpc) is 3.11. The van der Waals surface area contributed by atoms with Gasteiger partial charge in [-0.05, 0) is 12.8 Å². The SMILES string of the molecule is C=CC(=O)OCC(O)CCOCC(COCCC(O)COC(=O)C=C)(COC(F)(F)CC(O)COC(=O)C=C)COC(F)(F)CC(O)COC(=O)C=C. The Morgan fingerprint density at radius 3 is 1.08 bits per heavy atom. The summed E-state index contributed by atoms with van der Waals surface area (Å²) in [6, 6.07) is 0. The van der Waals surface area contributed by atoms with Gasteiger partial charge in [0, 0.05) is 37.5 Å². The predicted octanol–water partition coefficient (Wildman–Crippen LogP) is 1.15. The van der Waals surface area contributed by atoms with Crippen molar-refractivity contribution in [2.45, 2.75) is 62.3 Å². The summed E-state index contributed by atoms with van der Waals surface area (Å²) in [6.45, 7) is 5.54. The molecule has 4 N–H and O–H groups in total. The number of carbonyl (C=O) groups excluding carboxylic acids is 4. The first-order chi connectivity index (χ1) is 24.8. The quantitative estimate of drug-likeness (QED) is 0.0247. The molecule has 0 rings (SSSR count). The van der Waals surface area contributed by atoms with Crippen molar-refractivity contribution in [3.05, 3.63) is 50.6 Å². The van der Waals surface area contributed by atoms with Gasteiger partial charge < -0.3 is 58.3 Å². The van der Waals surface area contributed by atoms with Crippen LogP contribution >= 0.6 is 0 Å². The summed E-state index contributed by atoms with van der Waals surface area (Å²) in [5.41, 5.74) is -2.05. The monoisotopic (exact) mass is 776 g/mol. The van der Waals surface area contributed by atoms with Gasteiger partial charge >= 0.3 is 36.1 Å². The number of ether oxygens (including phenoxy) is 8. The van der Waals surface area contributed by atoms with Crippen molar-refractivity contribution >= 4 is 23.9 Å². The maximum Gasteiger partial charge on any atom is 0.358 e. The van der Waals surface area contributed by atoms with E-state index in [0.717, 1.165) is 24.3 Å². The number of esters is 4. The molecule has 4 unspecified atom stereocenters. The second kappa shape index (κ2) is 26.1. The highest BCUT2D eigenvalue weighted by Gasteiger charge is 2.43. The molecule has 0 saturated carbocycles. The van der Waals surface area contributed by atoms with Crippen molar-refractivity contribution in [1.29, 1.82) is 0 Å². The molecule has 0 aliphatic carbocycles. The van der Waals surface area contributed by atoms with Crippen LogP contribution < -0.4 is 0 Å². The summed E-state index contributed by atoms with van der Waals surface area (Å²) < 4.78 is 98.7. The summed E-state index contributed by atoms with van der Waals surface area (Å²) in [5.74, 6) is -3.66. The van der Waals surface area contributed by atoms with Crippen LogP contribution in [0.4, 0.5) is 17.6 Å². The van der Waals surface area contributed by atoms with Crippen LogP contribution in [0.5, 0.6) is 0 Å². The van der Waals surface area contributed by atoms with E-state index < -0.39 is 132 Å². The maximum absolute atomic E-state index is 14.9. The fraction of sp³-hybridized carbons (Fsp3) is 0.636. The van der Waals surface area contributed by atoms with Crippen LogP contribution in [-0.4, -0.2) is 147 Å². The molecule has 0 aliphatic rings. The van der Waals surface area contributed by atoms with E-state index in [9.17, 15) is 57.2 Å². The Bertz CT molecular complexity index is 1080. The van der Waals surface area contributed by atoms with Crippen molar-refractivity contribution in [3.8, 4) is 0 Å². The van der Waals surface area contributed by atoms with E-state index in [1.165, 1.54) is 0 Å². The van der Waals surface area contributed by atoms with E-state index in [0.29, 0.717) is 0 Å². The minimum absolute atomic E-state index is 0.198. The second-order valence-electron chi connectivity index (χ2n) is 11.4. The maximum atomic E-state index is 14.9. The molecule has 0 spiro atoms. The van der Waals surface area contributed by atoms with Crippen LogP contribution in [0.1, 0.15) is 25.7 Å². The number of hydrogen-bond donors (Lipinski definition) is 4. The molecule has 0 heterocycles. The standard InChI is InChI=1S/C33H48F4O16/c1-5-27(42)48-15-23(38)9-11-46-19-31(20-47-12-10-24(39)16-49-28(43)6-2,21-52-32(34,35)13-25(40)17-50-29(44)7-3)22-53-33(36,37)14-26(41)18-51-30(45)8-4/h5-8,23-26,38-41H,1-4,9-22H2. The lowest BCUT2D eigenvalue weighted by molar-refractivity contribution is -0.298. The number of carbonyl (C=O) groups is 4. The molecule has 0 aromatic rings.